The molecule has 30 heavy (non-hydrogen) atoms. The largest absolute Gasteiger partial charge is 0.489 e. The molecule has 2 N–H and O–H groups in total. The standard InChI is InChI=1S/C22H23ClN4O3/c1-14-20(15(2)27(26-14)17-7-4-3-5-8-17)25-22(28)24-13-16-11-18(23)21-19(12-16)29-9-6-10-30-21/h3-5,7-8,11-12H,6,9-10,13H2,1-2H3,(H2,24,25,28). The lowest BCUT2D eigenvalue weighted by Gasteiger charge is -2.13. The first-order valence-electron chi connectivity index (χ1n) is 9.77. The molecule has 0 atom stereocenters. The summed E-state index contributed by atoms with van der Waals surface area (Å²) in [6, 6.07) is 13.1. The van der Waals surface area contributed by atoms with Gasteiger partial charge in [0, 0.05) is 13.0 Å². The van der Waals surface area contributed by atoms with E-state index in [-0.39, 0.29) is 6.03 Å². The molecule has 2 heterocycles. The van der Waals surface area contributed by atoms with Gasteiger partial charge in [-0.05, 0) is 43.7 Å². The number of rotatable bonds is 4. The van der Waals surface area contributed by atoms with Crippen molar-refractivity contribution >= 4 is 23.3 Å². The molecule has 1 aromatic heterocycles. The molecule has 0 unspecified atom stereocenters. The normalized spacial score (nSPS) is 12.9. The van der Waals surface area contributed by atoms with Gasteiger partial charge in [0.15, 0.2) is 11.5 Å². The van der Waals surface area contributed by atoms with Crippen LogP contribution in [0.2, 0.25) is 5.02 Å². The number of nitrogens with zero attached hydrogens (tertiary/aromatic N) is 2. The van der Waals surface area contributed by atoms with Crippen LogP contribution in [0.3, 0.4) is 0 Å². The number of hydrogen-bond donors (Lipinski definition) is 2. The first-order valence-corrected chi connectivity index (χ1v) is 10.1. The molecule has 1 aliphatic rings. The van der Waals surface area contributed by atoms with E-state index in [1.807, 2.05) is 54.9 Å². The quantitative estimate of drug-likeness (QED) is 0.637. The second-order valence-electron chi connectivity index (χ2n) is 7.06. The summed E-state index contributed by atoms with van der Waals surface area (Å²) in [6.45, 7) is 5.23. The van der Waals surface area contributed by atoms with Crippen molar-refractivity contribution in [1.29, 1.82) is 0 Å². The summed E-state index contributed by atoms with van der Waals surface area (Å²) in [5, 5.41) is 10.8. The molecule has 0 spiro atoms. The minimum atomic E-state index is -0.322. The molecule has 7 nitrogen and oxygen atoms in total. The summed E-state index contributed by atoms with van der Waals surface area (Å²) in [4.78, 5) is 12.5. The highest BCUT2D eigenvalue weighted by Gasteiger charge is 2.17. The van der Waals surface area contributed by atoms with Crippen molar-refractivity contribution in [2.75, 3.05) is 18.5 Å². The first-order chi connectivity index (χ1) is 14.5. The highest BCUT2D eigenvalue weighted by Crippen LogP contribution is 2.38. The van der Waals surface area contributed by atoms with Crippen molar-refractivity contribution < 1.29 is 14.3 Å². The van der Waals surface area contributed by atoms with Gasteiger partial charge < -0.3 is 20.1 Å². The van der Waals surface area contributed by atoms with Crippen LogP contribution in [-0.4, -0.2) is 29.0 Å². The molecular weight excluding hydrogens is 404 g/mol. The van der Waals surface area contributed by atoms with Crippen LogP contribution >= 0.6 is 11.6 Å². The van der Waals surface area contributed by atoms with Crippen molar-refractivity contribution in [1.82, 2.24) is 15.1 Å². The van der Waals surface area contributed by atoms with E-state index in [2.05, 4.69) is 15.7 Å². The molecule has 0 bridgehead atoms. The minimum absolute atomic E-state index is 0.299. The third-order valence-electron chi connectivity index (χ3n) is 4.85. The van der Waals surface area contributed by atoms with E-state index in [0.29, 0.717) is 42.0 Å². The topological polar surface area (TPSA) is 77.4 Å². The number of benzene rings is 2. The van der Waals surface area contributed by atoms with Gasteiger partial charge >= 0.3 is 6.03 Å². The Labute approximate surface area is 179 Å². The Morgan fingerprint density at radius 3 is 2.73 bits per heavy atom. The lowest BCUT2D eigenvalue weighted by atomic mass is 10.2. The zero-order valence-electron chi connectivity index (χ0n) is 16.9. The molecule has 0 aliphatic carbocycles. The number of aromatic nitrogens is 2. The van der Waals surface area contributed by atoms with Crippen molar-refractivity contribution in [3.63, 3.8) is 0 Å². The summed E-state index contributed by atoms with van der Waals surface area (Å²) < 4.78 is 13.2. The summed E-state index contributed by atoms with van der Waals surface area (Å²) >= 11 is 6.32. The number of urea groups is 1. The number of nitrogens with one attached hydrogen (secondary N) is 2. The number of anilines is 1. The van der Waals surface area contributed by atoms with E-state index in [4.69, 9.17) is 21.1 Å². The maximum atomic E-state index is 12.5. The highest BCUT2D eigenvalue weighted by atomic mass is 35.5. The van der Waals surface area contributed by atoms with Crippen LogP contribution in [0.1, 0.15) is 23.4 Å². The van der Waals surface area contributed by atoms with Crippen molar-refractivity contribution in [3.8, 4) is 17.2 Å². The van der Waals surface area contributed by atoms with E-state index < -0.39 is 0 Å². The number of carbonyl (C=O) groups excluding carboxylic acids is 1. The smallest absolute Gasteiger partial charge is 0.319 e. The lowest BCUT2D eigenvalue weighted by Crippen LogP contribution is -2.28. The third-order valence-corrected chi connectivity index (χ3v) is 5.13. The summed E-state index contributed by atoms with van der Waals surface area (Å²) in [7, 11) is 0. The zero-order valence-corrected chi connectivity index (χ0v) is 17.6. The number of fused-ring (bicyclic) bond motifs is 1. The molecule has 4 rings (SSSR count). The van der Waals surface area contributed by atoms with Crippen molar-refractivity contribution in [2.45, 2.75) is 26.8 Å². The number of hydrogen-bond acceptors (Lipinski definition) is 4. The Balaban J connectivity index is 1.44. The molecular formula is C22H23ClN4O3. The average Bonchev–Trinajstić information content (AvgIpc) is 2.91. The van der Waals surface area contributed by atoms with E-state index in [1.165, 1.54) is 0 Å². The summed E-state index contributed by atoms with van der Waals surface area (Å²) in [5.41, 5.74) is 4.05. The van der Waals surface area contributed by atoms with Crippen LogP contribution in [0.25, 0.3) is 5.69 Å². The molecule has 8 heteroatoms. The predicted molar refractivity (Wildman–Crippen MR) is 116 cm³/mol. The second kappa shape index (κ2) is 8.67. The van der Waals surface area contributed by atoms with Gasteiger partial charge in [-0.3, -0.25) is 0 Å². The summed E-state index contributed by atoms with van der Waals surface area (Å²) in [6.07, 6.45) is 0.802. The van der Waals surface area contributed by atoms with Crippen LogP contribution in [-0.2, 0) is 6.54 Å². The van der Waals surface area contributed by atoms with Crippen LogP contribution < -0.4 is 20.1 Å². The third kappa shape index (κ3) is 4.21. The van der Waals surface area contributed by atoms with Gasteiger partial charge in [-0.2, -0.15) is 5.10 Å². The van der Waals surface area contributed by atoms with Gasteiger partial charge in [0.25, 0.3) is 0 Å². The van der Waals surface area contributed by atoms with Gasteiger partial charge in [0.2, 0.25) is 0 Å². The predicted octanol–water partition coefficient (Wildman–Crippen LogP) is 4.63. The fourth-order valence-corrected chi connectivity index (χ4v) is 3.66. The Morgan fingerprint density at radius 2 is 1.93 bits per heavy atom. The first kappa shape index (κ1) is 20.1. The number of carbonyl (C=O) groups is 1. The number of ether oxygens (including phenoxy) is 2. The highest BCUT2D eigenvalue weighted by molar-refractivity contribution is 6.32. The lowest BCUT2D eigenvalue weighted by molar-refractivity contribution is 0.251. The van der Waals surface area contributed by atoms with Gasteiger partial charge in [-0.1, -0.05) is 29.8 Å². The van der Waals surface area contributed by atoms with Crippen LogP contribution in [0, 0.1) is 13.8 Å². The Kier molecular flexibility index (Phi) is 5.81. The summed E-state index contributed by atoms with van der Waals surface area (Å²) in [5.74, 6) is 1.16. The van der Waals surface area contributed by atoms with Gasteiger partial charge in [0.1, 0.15) is 0 Å². The monoisotopic (exact) mass is 426 g/mol. The maximum absolute atomic E-state index is 12.5. The van der Waals surface area contributed by atoms with E-state index in [0.717, 1.165) is 29.1 Å². The number of halogens is 1. The number of amides is 2. The van der Waals surface area contributed by atoms with Gasteiger partial charge in [-0.15, -0.1) is 0 Å². The minimum Gasteiger partial charge on any atom is -0.489 e. The Hall–Kier alpha value is -3.19. The SMILES string of the molecule is Cc1nn(-c2ccccc2)c(C)c1NC(=O)NCc1cc(Cl)c2c(c1)OCCCO2. The molecule has 0 fully saturated rings. The molecule has 1 aliphatic heterocycles. The Bertz CT molecular complexity index is 1070. The van der Waals surface area contributed by atoms with E-state index >= 15 is 0 Å². The average molecular weight is 427 g/mol. The molecule has 156 valence electrons. The molecule has 3 aromatic rings. The fraction of sp³-hybridized carbons (Fsp3) is 0.273. The van der Waals surface area contributed by atoms with E-state index in [1.54, 1.807) is 6.07 Å². The van der Waals surface area contributed by atoms with Crippen molar-refractivity contribution in [3.05, 3.63) is 64.4 Å². The van der Waals surface area contributed by atoms with Gasteiger partial charge in [-0.25, -0.2) is 9.48 Å². The maximum Gasteiger partial charge on any atom is 0.319 e. The molecule has 2 amide bonds. The van der Waals surface area contributed by atoms with Crippen molar-refractivity contribution in [2.24, 2.45) is 0 Å². The van der Waals surface area contributed by atoms with Crippen LogP contribution in [0.15, 0.2) is 42.5 Å². The zero-order chi connectivity index (χ0) is 21.1. The van der Waals surface area contributed by atoms with E-state index in [9.17, 15) is 4.79 Å². The van der Waals surface area contributed by atoms with Crippen LogP contribution in [0.5, 0.6) is 11.5 Å². The fourth-order valence-electron chi connectivity index (χ4n) is 3.37. The molecule has 0 radical (unpaired) electrons. The molecule has 2 aromatic carbocycles. The molecule has 0 saturated carbocycles. The molecule has 0 saturated heterocycles. The number of para-hydroxylation sites is 1. The number of aryl methyl sites for hydroxylation is 1. The van der Waals surface area contributed by atoms with Gasteiger partial charge in [0.05, 0.1) is 41.0 Å². The Morgan fingerprint density at radius 1 is 1.17 bits per heavy atom. The van der Waals surface area contributed by atoms with Crippen LogP contribution in [0.4, 0.5) is 10.5 Å². The second-order valence-corrected chi connectivity index (χ2v) is 7.46.